The maximum Gasteiger partial charge on any atom is 0.240 e. The Kier molecular flexibility index (Phi) is 6.38. The maximum atomic E-state index is 13.1. The number of benzene rings is 1. The standard InChI is InChI=1S/C13H21FN2O3S/c1-10(2)19-6-4-3-5-16-20(17,18)13-8-11(14)7-12(15)9-13/h7-10,16H,3-6,15H2,1-2H3. The molecule has 0 aromatic heterocycles. The summed E-state index contributed by atoms with van der Waals surface area (Å²) < 4.78 is 44.7. The van der Waals surface area contributed by atoms with Gasteiger partial charge in [-0.2, -0.15) is 0 Å². The highest BCUT2D eigenvalue weighted by molar-refractivity contribution is 7.89. The fraction of sp³-hybridized carbons (Fsp3) is 0.538. The molecule has 20 heavy (non-hydrogen) atoms. The molecule has 5 nitrogen and oxygen atoms in total. The number of unbranched alkanes of at least 4 members (excludes halogenated alkanes) is 1. The van der Waals surface area contributed by atoms with Gasteiger partial charge in [0.25, 0.3) is 0 Å². The van der Waals surface area contributed by atoms with E-state index in [1.807, 2.05) is 13.8 Å². The Hall–Kier alpha value is -1.18. The van der Waals surface area contributed by atoms with Crippen molar-refractivity contribution >= 4 is 15.7 Å². The molecule has 0 amide bonds. The summed E-state index contributed by atoms with van der Waals surface area (Å²) >= 11 is 0. The first-order chi connectivity index (χ1) is 9.31. The topological polar surface area (TPSA) is 81.4 Å². The van der Waals surface area contributed by atoms with Gasteiger partial charge in [-0.25, -0.2) is 17.5 Å². The van der Waals surface area contributed by atoms with Gasteiger partial charge in [-0.15, -0.1) is 0 Å². The van der Waals surface area contributed by atoms with Gasteiger partial charge in [0.15, 0.2) is 0 Å². The van der Waals surface area contributed by atoms with Crippen LogP contribution in [0, 0.1) is 5.82 Å². The highest BCUT2D eigenvalue weighted by Gasteiger charge is 2.14. The van der Waals surface area contributed by atoms with Crippen LogP contribution in [0.15, 0.2) is 23.1 Å². The number of ether oxygens (including phenoxy) is 1. The summed E-state index contributed by atoms with van der Waals surface area (Å²) in [5.74, 6) is -0.671. The molecule has 0 fully saturated rings. The number of nitrogens with one attached hydrogen (secondary N) is 1. The molecule has 1 aromatic carbocycles. The molecule has 1 aromatic rings. The zero-order chi connectivity index (χ0) is 15.2. The third kappa shape index (κ3) is 5.85. The minimum absolute atomic E-state index is 0.0794. The van der Waals surface area contributed by atoms with Crippen LogP contribution in [0.3, 0.4) is 0 Å². The second-order valence-corrected chi connectivity index (χ2v) is 6.51. The molecule has 114 valence electrons. The number of halogens is 1. The van der Waals surface area contributed by atoms with Gasteiger partial charge < -0.3 is 10.5 Å². The highest BCUT2D eigenvalue weighted by Crippen LogP contribution is 2.15. The minimum Gasteiger partial charge on any atom is -0.399 e. The van der Waals surface area contributed by atoms with Crippen LogP contribution < -0.4 is 10.5 Å². The Morgan fingerprint density at radius 3 is 2.60 bits per heavy atom. The van der Waals surface area contributed by atoms with E-state index in [4.69, 9.17) is 10.5 Å². The van der Waals surface area contributed by atoms with Crippen molar-refractivity contribution in [1.82, 2.24) is 4.72 Å². The Bertz CT molecular complexity index is 512. The van der Waals surface area contributed by atoms with E-state index in [2.05, 4.69) is 4.72 Å². The van der Waals surface area contributed by atoms with E-state index in [0.29, 0.717) is 13.0 Å². The number of hydrogen-bond acceptors (Lipinski definition) is 4. The van der Waals surface area contributed by atoms with Crippen LogP contribution in [0.2, 0.25) is 0 Å². The van der Waals surface area contributed by atoms with Crippen molar-refractivity contribution in [3.8, 4) is 0 Å². The van der Waals surface area contributed by atoms with Crippen molar-refractivity contribution < 1.29 is 17.5 Å². The summed E-state index contributed by atoms with van der Waals surface area (Å²) in [6.45, 7) is 4.75. The third-order valence-electron chi connectivity index (χ3n) is 2.52. The Morgan fingerprint density at radius 2 is 2.00 bits per heavy atom. The average Bonchev–Trinajstić information content (AvgIpc) is 2.32. The predicted molar refractivity (Wildman–Crippen MR) is 76.3 cm³/mol. The van der Waals surface area contributed by atoms with Gasteiger partial charge in [0.1, 0.15) is 5.82 Å². The molecule has 0 aliphatic heterocycles. The van der Waals surface area contributed by atoms with Crippen molar-refractivity contribution in [1.29, 1.82) is 0 Å². The summed E-state index contributed by atoms with van der Waals surface area (Å²) in [6.07, 6.45) is 1.57. The van der Waals surface area contributed by atoms with E-state index in [1.165, 1.54) is 6.07 Å². The van der Waals surface area contributed by atoms with Crippen molar-refractivity contribution in [2.24, 2.45) is 0 Å². The molecule has 0 aliphatic carbocycles. The summed E-state index contributed by atoms with van der Waals surface area (Å²) in [5.41, 5.74) is 5.51. The minimum atomic E-state index is -3.72. The molecule has 0 aliphatic rings. The van der Waals surface area contributed by atoms with E-state index in [1.54, 1.807) is 0 Å². The molecule has 1 rings (SSSR count). The SMILES string of the molecule is CC(C)OCCCCNS(=O)(=O)c1cc(N)cc(F)c1. The maximum absolute atomic E-state index is 13.1. The number of hydrogen-bond donors (Lipinski definition) is 2. The Morgan fingerprint density at radius 1 is 1.30 bits per heavy atom. The van der Waals surface area contributed by atoms with Crippen LogP contribution in [0.25, 0.3) is 0 Å². The van der Waals surface area contributed by atoms with Crippen molar-refractivity contribution in [3.05, 3.63) is 24.0 Å². The quantitative estimate of drug-likeness (QED) is 0.567. The molecule has 0 radical (unpaired) electrons. The molecule has 7 heteroatoms. The molecule has 0 spiro atoms. The van der Waals surface area contributed by atoms with Gasteiger partial charge in [-0.1, -0.05) is 0 Å². The van der Waals surface area contributed by atoms with Gasteiger partial charge >= 0.3 is 0 Å². The smallest absolute Gasteiger partial charge is 0.240 e. The average molecular weight is 304 g/mol. The molecule has 3 N–H and O–H groups in total. The number of anilines is 1. The molecular weight excluding hydrogens is 283 g/mol. The predicted octanol–water partition coefficient (Wildman–Crippen LogP) is 1.89. The fourth-order valence-corrected chi connectivity index (χ4v) is 2.71. The lowest BCUT2D eigenvalue weighted by molar-refractivity contribution is 0.0762. The number of sulfonamides is 1. The van der Waals surface area contributed by atoms with Gasteiger partial charge in [0.2, 0.25) is 10.0 Å². The first-order valence-electron chi connectivity index (χ1n) is 6.48. The van der Waals surface area contributed by atoms with E-state index < -0.39 is 15.8 Å². The second-order valence-electron chi connectivity index (χ2n) is 4.74. The lowest BCUT2D eigenvalue weighted by atomic mass is 10.3. The van der Waals surface area contributed by atoms with Crippen molar-refractivity contribution in [3.63, 3.8) is 0 Å². The van der Waals surface area contributed by atoms with Gasteiger partial charge in [0.05, 0.1) is 11.0 Å². The molecule has 0 saturated carbocycles. The van der Waals surface area contributed by atoms with Crippen LogP contribution in [0.5, 0.6) is 0 Å². The molecule has 0 saturated heterocycles. The molecule has 0 bridgehead atoms. The summed E-state index contributed by atoms with van der Waals surface area (Å²) in [4.78, 5) is -0.159. The van der Waals surface area contributed by atoms with Gasteiger partial charge in [-0.05, 0) is 44.9 Å². The zero-order valence-corrected chi connectivity index (χ0v) is 12.5. The Balaban J connectivity index is 2.46. The fourth-order valence-electron chi connectivity index (χ4n) is 1.58. The summed E-state index contributed by atoms with van der Waals surface area (Å²) in [6, 6.07) is 3.25. The highest BCUT2D eigenvalue weighted by atomic mass is 32.2. The molecular formula is C13H21FN2O3S. The number of nitrogen functional groups attached to an aromatic ring is 1. The second kappa shape index (κ2) is 7.56. The monoisotopic (exact) mass is 304 g/mol. The van der Waals surface area contributed by atoms with Crippen molar-refractivity contribution in [2.75, 3.05) is 18.9 Å². The van der Waals surface area contributed by atoms with E-state index in [9.17, 15) is 12.8 Å². The van der Waals surface area contributed by atoms with Crippen molar-refractivity contribution in [2.45, 2.75) is 37.7 Å². The van der Waals surface area contributed by atoms with E-state index in [-0.39, 0.29) is 23.2 Å². The molecule has 0 unspecified atom stereocenters. The Labute approximate surface area is 119 Å². The normalized spacial score (nSPS) is 12.0. The summed E-state index contributed by atoms with van der Waals surface area (Å²) in [7, 11) is -3.72. The lowest BCUT2D eigenvalue weighted by Crippen LogP contribution is -2.25. The van der Waals surface area contributed by atoms with Crippen LogP contribution in [-0.4, -0.2) is 27.7 Å². The number of rotatable bonds is 8. The van der Waals surface area contributed by atoms with Crippen LogP contribution in [0.1, 0.15) is 26.7 Å². The number of nitrogens with two attached hydrogens (primary N) is 1. The third-order valence-corrected chi connectivity index (χ3v) is 3.96. The van der Waals surface area contributed by atoms with Crippen LogP contribution in [-0.2, 0) is 14.8 Å². The largest absolute Gasteiger partial charge is 0.399 e. The van der Waals surface area contributed by atoms with Gasteiger partial charge in [-0.3, -0.25) is 0 Å². The van der Waals surface area contributed by atoms with Crippen LogP contribution in [0.4, 0.5) is 10.1 Å². The molecule has 0 atom stereocenters. The first kappa shape index (κ1) is 16.9. The lowest BCUT2D eigenvalue weighted by Gasteiger charge is -2.09. The van der Waals surface area contributed by atoms with Crippen LogP contribution >= 0.6 is 0 Å². The van der Waals surface area contributed by atoms with Gasteiger partial charge in [0, 0.05) is 18.8 Å². The zero-order valence-electron chi connectivity index (χ0n) is 11.7. The molecule has 0 heterocycles. The van der Waals surface area contributed by atoms with E-state index in [0.717, 1.165) is 18.6 Å². The first-order valence-corrected chi connectivity index (χ1v) is 7.97. The summed E-state index contributed by atoms with van der Waals surface area (Å²) in [5, 5.41) is 0. The van der Waals surface area contributed by atoms with E-state index >= 15 is 0 Å².